The fourth-order valence-electron chi connectivity index (χ4n) is 3.53. The van der Waals surface area contributed by atoms with E-state index < -0.39 is 0 Å². The summed E-state index contributed by atoms with van der Waals surface area (Å²) in [6.45, 7) is 4.80. The summed E-state index contributed by atoms with van der Waals surface area (Å²) < 4.78 is 7.26. The molecule has 154 valence electrons. The maximum absolute atomic E-state index is 13.0. The first kappa shape index (κ1) is 20.4. The van der Waals surface area contributed by atoms with Gasteiger partial charge in [0.05, 0.1) is 23.4 Å². The summed E-state index contributed by atoms with van der Waals surface area (Å²) in [4.78, 5) is 21.8. The number of pyridine rings is 1. The van der Waals surface area contributed by atoms with Gasteiger partial charge in [-0.15, -0.1) is 6.42 Å². The van der Waals surface area contributed by atoms with E-state index in [1.807, 2.05) is 48.5 Å². The van der Waals surface area contributed by atoms with Gasteiger partial charge in [0.2, 0.25) is 0 Å². The number of nitrogens with zero attached hydrogens (tertiary/aromatic N) is 3. The van der Waals surface area contributed by atoms with Crippen molar-refractivity contribution in [3.05, 3.63) is 88.6 Å². The van der Waals surface area contributed by atoms with Gasteiger partial charge >= 0.3 is 5.69 Å². The number of terminal acetylenes is 1. The van der Waals surface area contributed by atoms with Crippen molar-refractivity contribution in [1.29, 1.82) is 0 Å². The fourth-order valence-corrected chi connectivity index (χ4v) is 3.53. The standard InChI is InChI=1S/C26H23N3O2/c1-4-15-31-22-12-13-24-23(16-22)25(20-10-8-19(9-11-20)18(2)3)28-26(30)29(24)17-21-7-5-6-14-27-21/h1,5-14,16,18H,15,17H2,2-3H3. The average Bonchev–Trinajstić information content (AvgIpc) is 2.80. The van der Waals surface area contributed by atoms with Crippen molar-refractivity contribution in [3.63, 3.8) is 0 Å². The Morgan fingerprint density at radius 1 is 1.10 bits per heavy atom. The lowest BCUT2D eigenvalue weighted by Gasteiger charge is -2.14. The Morgan fingerprint density at radius 2 is 1.90 bits per heavy atom. The highest BCUT2D eigenvalue weighted by atomic mass is 16.5. The summed E-state index contributed by atoms with van der Waals surface area (Å²) in [5.41, 5.74) is 3.97. The van der Waals surface area contributed by atoms with Crippen molar-refractivity contribution >= 4 is 10.9 Å². The Balaban J connectivity index is 1.89. The highest BCUT2D eigenvalue weighted by Gasteiger charge is 2.14. The van der Waals surface area contributed by atoms with Crippen molar-refractivity contribution in [2.75, 3.05) is 6.61 Å². The Morgan fingerprint density at radius 3 is 2.58 bits per heavy atom. The average molecular weight is 409 g/mol. The van der Waals surface area contributed by atoms with Crippen LogP contribution in [-0.4, -0.2) is 21.1 Å². The summed E-state index contributed by atoms with van der Waals surface area (Å²) in [7, 11) is 0. The molecule has 0 unspecified atom stereocenters. The maximum Gasteiger partial charge on any atom is 0.348 e. The number of fused-ring (bicyclic) bond motifs is 1. The molecule has 0 aliphatic carbocycles. The lowest BCUT2D eigenvalue weighted by molar-refractivity contribution is 0.371. The van der Waals surface area contributed by atoms with Crippen LogP contribution in [0.2, 0.25) is 0 Å². The van der Waals surface area contributed by atoms with Crippen LogP contribution >= 0.6 is 0 Å². The fraction of sp³-hybridized carbons (Fsp3) is 0.192. The van der Waals surface area contributed by atoms with Gasteiger partial charge in [0.25, 0.3) is 0 Å². The third-order valence-corrected chi connectivity index (χ3v) is 5.17. The van der Waals surface area contributed by atoms with E-state index in [2.05, 4.69) is 41.9 Å². The molecule has 0 N–H and O–H groups in total. The lowest BCUT2D eigenvalue weighted by atomic mass is 9.99. The number of rotatable bonds is 6. The molecule has 0 bridgehead atoms. The van der Waals surface area contributed by atoms with Crippen molar-refractivity contribution < 1.29 is 4.74 Å². The lowest BCUT2D eigenvalue weighted by Crippen LogP contribution is -2.25. The SMILES string of the molecule is C#CCOc1ccc2c(c1)c(-c1ccc(C(C)C)cc1)nc(=O)n2Cc1ccccn1. The molecular weight excluding hydrogens is 386 g/mol. The predicted octanol–water partition coefficient (Wildman–Crippen LogP) is 4.64. The van der Waals surface area contributed by atoms with Gasteiger partial charge in [-0.1, -0.05) is 50.1 Å². The van der Waals surface area contributed by atoms with E-state index in [-0.39, 0.29) is 12.3 Å². The highest BCUT2D eigenvalue weighted by molar-refractivity contribution is 5.93. The molecule has 2 aromatic carbocycles. The van der Waals surface area contributed by atoms with Gasteiger partial charge in [0, 0.05) is 17.1 Å². The molecule has 0 aliphatic rings. The van der Waals surface area contributed by atoms with Crippen LogP contribution in [0.3, 0.4) is 0 Å². The highest BCUT2D eigenvalue weighted by Crippen LogP contribution is 2.30. The molecule has 0 amide bonds. The van der Waals surface area contributed by atoms with Gasteiger partial charge in [-0.3, -0.25) is 9.55 Å². The van der Waals surface area contributed by atoms with Gasteiger partial charge in [-0.25, -0.2) is 4.79 Å². The minimum atomic E-state index is -0.321. The van der Waals surface area contributed by atoms with E-state index >= 15 is 0 Å². The van der Waals surface area contributed by atoms with Crippen LogP contribution in [0.15, 0.2) is 71.7 Å². The molecule has 31 heavy (non-hydrogen) atoms. The van der Waals surface area contributed by atoms with Gasteiger partial charge in [-0.05, 0) is 41.8 Å². The van der Waals surface area contributed by atoms with Gasteiger partial charge < -0.3 is 4.74 Å². The summed E-state index contributed by atoms with van der Waals surface area (Å²) in [6.07, 6.45) is 7.05. The van der Waals surface area contributed by atoms with Crippen molar-refractivity contribution in [2.24, 2.45) is 0 Å². The van der Waals surface area contributed by atoms with Crippen LogP contribution in [0.4, 0.5) is 0 Å². The first-order valence-electron chi connectivity index (χ1n) is 10.2. The topological polar surface area (TPSA) is 57.0 Å². The molecule has 0 atom stereocenters. The molecule has 2 aromatic heterocycles. The Hall–Kier alpha value is -3.91. The van der Waals surface area contributed by atoms with E-state index in [0.29, 0.717) is 23.9 Å². The van der Waals surface area contributed by atoms with Crippen LogP contribution in [0.1, 0.15) is 31.0 Å². The molecule has 2 heterocycles. The van der Waals surface area contributed by atoms with Crippen molar-refractivity contribution in [3.8, 4) is 29.4 Å². The second-order valence-electron chi connectivity index (χ2n) is 7.60. The third-order valence-electron chi connectivity index (χ3n) is 5.17. The molecule has 4 aromatic rings. The van der Waals surface area contributed by atoms with E-state index in [4.69, 9.17) is 11.2 Å². The zero-order valence-electron chi connectivity index (χ0n) is 17.6. The van der Waals surface area contributed by atoms with Crippen molar-refractivity contribution in [2.45, 2.75) is 26.3 Å². The third kappa shape index (κ3) is 4.34. The molecule has 0 radical (unpaired) electrons. The van der Waals surface area contributed by atoms with Crippen LogP contribution in [-0.2, 0) is 6.54 Å². The minimum Gasteiger partial charge on any atom is -0.481 e. The first-order chi connectivity index (χ1) is 15.1. The Labute approximate surface area is 181 Å². The van der Waals surface area contributed by atoms with E-state index in [0.717, 1.165) is 22.2 Å². The smallest absolute Gasteiger partial charge is 0.348 e. The largest absolute Gasteiger partial charge is 0.481 e. The Kier molecular flexibility index (Phi) is 5.81. The molecule has 5 heteroatoms. The van der Waals surface area contributed by atoms with Crippen LogP contribution in [0.25, 0.3) is 22.2 Å². The normalized spacial score (nSPS) is 10.9. The second kappa shape index (κ2) is 8.85. The van der Waals surface area contributed by atoms with Crippen molar-refractivity contribution in [1.82, 2.24) is 14.5 Å². The monoisotopic (exact) mass is 409 g/mol. The first-order valence-corrected chi connectivity index (χ1v) is 10.2. The molecule has 0 saturated heterocycles. The summed E-state index contributed by atoms with van der Waals surface area (Å²) in [5.74, 6) is 3.54. The number of hydrogen-bond acceptors (Lipinski definition) is 4. The zero-order chi connectivity index (χ0) is 21.8. The Bertz CT molecular complexity index is 1300. The minimum absolute atomic E-state index is 0.172. The molecule has 4 rings (SSSR count). The summed E-state index contributed by atoms with van der Waals surface area (Å²) >= 11 is 0. The van der Waals surface area contributed by atoms with E-state index in [9.17, 15) is 4.79 Å². The van der Waals surface area contributed by atoms with Crippen LogP contribution in [0.5, 0.6) is 5.75 Å². The molecule has 5 nitrogen and oxygen atoms in total. The molecule has 0 saturated carbocycles. The number of benzene rings is 2. The summed E-state index contributed by atoms with van der Waals surface area (Å²) in [6, 6.07) is 19.4. The summed E-state index contributed by atoms with van der Waals surface area (Å²) in [5, 5.41) is 0.822. The van der Waals surface area contributed by atoms with Gasteiger partial charge in [-0.2, -0.15) is 4.98 Å². The van der Waals surface area contributed by atoms with Gasteiger partial charge in [0.15, 0.2) is 0 Å². The number of hydrogen-bond donors (Lipinski definition) is 0. The van der Waals surface area contributed by atoms with Crippen LogP contribution in [0, 0.1) is 12.3 Å². The zero-order valence-corrected chi connectivity index (χ0v) is 17.6. The van der Waals surface area contributed by atoms with E-state index in [1.54, 1.807) is 10.8 Å². The maximum atomic E-state index is 13.0. The second-order valence-corrected chi connectivity index (χ2v) is 7.60. The van der Waals surface area contributed by atoms with Gasteiger partial charge in [0.1, 0.15) is 12.4 Å². The number of aromatic nitrogens is 3. The van der Waals surface area contributed by atoms with Crippen LogP contribution < -0.4 is 10.4 Å². The number of ether oxygens (including phenoxy) is 1. The van der Waals surface area contributed by atoms with E-state index in [1.165, 1.54) is 5.56 Å². The molecule has 0 fully saturated rings. The molecule has 0 spiro atoms. The molecular formula is C26H23N3O2. The predicted molar refractivity (Wildman–Crippen MR) is 123 cm³/mol. The quantitative estimate of drug-likeness (QED) is 0.435. The molecule has 0 aliphatic heterocycles.